The zero-order valence-electron chi connectivity index (χ0n) is 12.6. The van der Waals surface area contributed by atoms with Crippen LogP contribution in [0, 0.1) is 0 Å². The summed E-state index contributed by atoms with van der Waals surface area (Å²) in [5, 5.41) is 5.46. The molecule has 1 fully saturated rings. The van der Waals surface area contributed by atoms with Crippen LogP contribution >= 0.6 is 11.6 Å². The Labute approximate surface area is 141 Å². The molecule has 1 aromatic carbocycles. The van der Waals surface area contributed by atoms with Crippen LogP contribution in [0.5, 0.6) is 0 Å². The number of hydrogen-bond donors (Lipinski definition) is 0. The molecule has 3 aromatic heterocycles. The van der Waals surface area contributed by atoms with Crippen LogP contribution in [-0.2, 0) is 0 Å². The second kappa shape index (κ2) is 4.88. The number of fused-ring (bicyclic) bond motifs is 2. The first-order valence-corrected chi connectivity index (χ1v) is 8.11. The average molecular weight is 338 g/mol. The summed E-state index contributed by atoms with van der Waals surface area (Å²) in [7, 11) is 0. The second-order valence-electron chi connectivity index (χ2n) is 5.96. The minimum Gasteiger partial charge on any atom is -0.312 e. The Morgan fingerprint density at radius 1 is 1.12 bits per heavy atom. The molecular formula is C17H12ClN5O. The molecule has 0 atom stereocenters. The monoisotopic (exact) mass is 337 g/mol. The molecule has 24 heavy (non-hydrogen) atoms. The Morgan fingerprint density at radius 3 is 2.67 bits per heavy atom. The quantitative estimate of drug-likeness (QED) is 0.564. The lowest BCUT2D eigenvalue weighted by atomic mass is 10.1. The van der Waals surface area contributed by atoms with Gasteiger partial charge in [0, 0.05) is 22.8 Å². The molecule has 0 N–H and O–H groups in total. The zero-order valence-corrected chi connectivity index (χ0v) is 13.3. The largest absolute Gasteiger partial charge is 0.312 e. The highest BCUT2D eigenvalue weighted by Gasteiger charge is 2.26. The first-order chi connectivity index (χ1) is 11.7. The van der Waals surface area contributed by atoms with E-state index < -0.39 is 0 Å². The third-order valence-electron chi connectivity index (χ3n) is 4.35. The first kappa shape index (κ1) is 13.7. The SMILES string of the molecule is O=c1c2c(-c3ccc(Cl)cc3)n3ncnc3nc2ccn1C1CC1. The average Bonchev–Trinajstić information content (AvgIpc) is 3.31. The van der Waals surface area contributed by atoms with Crippen LogP contribution in [0.1, 0.15) is 18.9 Å². The van der Waals surface area contributed by atoms with Crippen molar-refractivity contribution in [1.82, 2.24) is 24.1 Å². The predicted octanol–water partition coefficient (Wildman–Crippen LogP) is 3.09. The van der Waals surface area contributed by atoms with Gasteiger partial charge in [-0.25, -0.2) is 4.98 Å². The molecule has 1 aliphatic carbocycles. The molecule has 3 heterocycles. The fraction of sp³-hybridized carbons (Fsp3) is 0.176. The molecule has 6 nitrogen and oxygen atoms in total. The summed E-state index contributed by atoms with van der Waals surface area (Å²) in [4.78, 5) is 21.7. The van der Waals surface area contributed by atoms with E-state index in [0.29, 0.717) is 33.4 Å². The summed E-state index contributed by atoms with van der Waals surface area (Å²) >= 11 is 6.01. The van der Waals surface area contributed by atoms with Crippen LogP contribution in [-0.4, -0.2) is 24.1 Å². The van der Waals surface area contributed by atoms with Gasteiger partial charge in [-0.3, -0.25) is 4.79 Å². The summed E-state index contributed by atoms with van der Waals surface area (Å²) in [6.07, 6.45) is 5.36. The van der Waals surface area contributed by atoms with Gasteiger partial charge in [0.2, 0.25) is 0 Å². The van der Waals surface area contributed by atoms with Crippen LogP contribution < -0.4 is 5.56 Å². The van der Waals surface area contributed by atoms with E-state index >= 15 is 0 Å². The number of halogens is 1. The molecule has 0 saturated heterocycles. The lowest BCUT2D eigenvalue weighted by molar-refractivity contribution is 0.713. The first-order valence-electron chi connectivity index (χ1n) is 7.73. The Balaban J connectivity index is 1.95. The molecule has 0 amide bonds. The van der Waals surface area contributed by atoms with Gasteiger partial charge in [0.15, 0.2) is 0 Å². The van der Waals surface area contributed by atoms with E-state index in [2.05, 4.69) is 15.1 Å². The standard InChI is InChI=1S/C17H12ClN5O/c18-11-3-1-10(2-4-11)15-14-13(21-17-19-9-20-23(15)17)7-8-22(16(14)24)12-5-6-12/h1-4,7-9,12H,5-6H2. The summed E-state index contributed by atoms with van der Waals surface area (Å²) < 4.78 is 3.41. The predicted molar refractivity (Wildman–Crippen MR) is 91.3 cm³/mol. The molecule has 1 saturated carbocycles. The van der Waals surface area contributed by atoms with Crippen LogP contribution in [0.3, 0.4) is 0 Å². The Kier molecular flexibility index (Phi) is 2.78. The Morgan fingerprint density at radius 2 is 1.92 bits per heavy atom. The van der Waals surface area contributed by atoms with E-state index in [4.69, 9.17) is 11.6 Å². The Hall–Kier alpha value is -2.73. The van der Waals surface area contributed by atoms with Crippen molar-refractivity contribution in [3.63, 3.8) is 0 Å². The van der Waals surface area contributed by atoms with Gasteiger partial charge in [-0.1, -0.05) is 23.7 Å². The van der Waals surface area contributed by atoms with Gasteiger partial charge in [0.05, 0.1) is 16.6 Å². The van der Waals surface area contributed by atoms with Gasteiger partial charge < -0.3 is 4.57 Å². The third-order valence-corrected chi connectivity index (χ3v) is 4.61. The number of hydrogen-bond acceptors (Lipinski definition) is 4. The molecule has 4 aromatic rings. The maximum atomic E-state index is 13.1. The fourth-order valence-electron chi connectivity index (χ4n) is 3.05. The summed E-state index contributed by atoms with van der Waals surface area (Å²) in [6.45, 7) is 0. The number of aromatic nitrogens is 5. The topological polar surface area (TPSA) is 65.1 Å². The van der Waals surface area contributed by atoms with Crippen molar-refractivity contribution < 1.29 is 0 Å². The number of nitrogens with zero attached hydrogens (tertiary/aromatic N) is 5. The van der Waals surface area contributed by atoms with Crippen molar-refractivity contribution in [2.45, 2.75) is 18.9 Å². The van der Waals surface area contributed by atoms with Gasteiger partial charge in [0.25, 0.3) is 11.3 Å². The molecule has 0 aliphatic heterocycles. The van der Waals surface area contributed by atoms with Crippen LogP contribution in [0.15, 0.2) is 47.7 Å². The highest BCUT2D eigenvalue weighted by atomic mass is 35.5. The number of pyridine rings is 1. The van der Waals surface area contributed by atoms with Crippen molar-refractivity contribution >= 4 is 28.3 Å². The lowest BCUT2D eigenvalue weighted by Crippen LogP contribution is -2.20. The third kappa shape index (κ3) is 1.96. The van der Waals surface area contributed by atoms with Crippen molar-refractivity contribution in [2.24, 2.45) is 0 Å². The number of rotatable bonds is 2. The highest BCUT2D eigenvalue weighted by molar-refractivity contribution is 6.30. The van der Waals surface area contributed by atoms with E-state index in [0.717, 1.165) is 18.4 Å². The van der Waals surface area contributed by atoms with Crippen LogP contribution in [0.25, 0.3) is 27.9 Å². The van der Waals surface area contributed by atoms with E-state index in [9.17, 15) is 4.79 Å². The molecule has 0 spiro atoms. The highest BCUT2D eigenvalue weighted by Crippen LogP contribution is 2.34. The van der Waals surface area contributed by atoms with Crippen LogP contribution in [0.2, 0.25) is 5.02 Å². The minimum absolute atomic E-state index is 0.0372. The summed E-state index contributed by atoms with van der Waals surface area (Å²) in [6, 6.07) is 9.54. The van der Waals surface area contributed by atoms with Gasteiger partial charge in [0.1, 0.15) is 6.33 Å². The zero-order chi connectivity index (χ0) is 16.3. The van der Waals surface area contributed by atoms with Crippen molar-refractivity contribution in [3.8, 4) is 11.3 Å². The molecule has 0 radical (unpaired) electrons. The molecule has 5 rings (SSSR count). The second-order valence-corrected chi connectivity index (χ2v) is 6.40. The van der Waals surface area contributed by atoms with Gasteiger partial charge in [-0.15, -0.1) is 0 Å². The maximum Gasteiger partial charge on any atom is 0.262 e. The molecule has 118 valence electrons. The number of benzene rings is 1. The van der Waals surface area contributed by atoms with Crippen molar-refractivity contribution in [2.75, 3.05) is 0 Å². The molecule has 7 heteroatoms. The van der Waals surface area contributed by atoms with Crippen LogP contribution in [0.4, 0.5) is 0 Å². The smallest absolute Gasteiger partial charge is 0.262 e. The van der Waals surface area contributed by atoms with Gasteiger partial charge in [-0.05, 0) is 31.0 Å². The fourth-order valence-corrected chi connectivity index (χ4v) is 3.18. The molecular weight excluding hydrogens is 326 g/mol. The lowest BCUT2D eigenvalue weighted by Gasteiger charge is -2.11. The van der Waals surface area contributed by atoms with E-state index in [1.807, 2.05) is 24.4 Å². The Bertz CT molecular complexity index is 1140. The van der Waals surface area contributed by atoms with Gasteiger partial charge >= 0.3 is 0 Å². The molecule has 0 unspecified atom stereocenters. The summed E-state index contributed by atoms with van der Waals surface area (Å²) in [5.74, 6) is 0.469. The van der Waals surface area contributed by atoms with Crippen molar-refractivity contribution in [1.29, 1.82) is 0 Å². The van der Waals surface area contributed by atoms with Gasteiger partial charge in [-0.2, -0.15) is 14.6 Å². The van der Waals surface area contributed by atoms with E-state index in [1.54, 1.807) is 21.2 Å². The van der Waals surface area contributed by atoms with E-state index in [1.165, 1.54) is 6.33 Å². The minimum atomic E-state index is -0.0372. The van der Waals surface area contributed by atoms with Crippen molar-refractivity contribution in [3.05, 3.63) is 58.2 Å². The molecule has 1 aliphatic rings. The molecule has 0 bridgehead atoms. The summed E-state index contributed by atoms with van der Waals surface area (Å²) in [5.41, 5.74) is 2.14. The maximum absolute atomic E-state index is 13.1. The van der Waals surface area contributed by atoms with E-state index in [-0.39, 0.29) is 5.56 Å². The normalized spacial score (nSPS) is 14.5.